The fraction of sp³-hybridized carbons (Fsp3) is 0.500. The second-order valence-corrected chi connectivity index (χ2v) is 2.38. The van der Waals surface area contributed by atoms with Gasteiger partial charge in [-0.25, -0.2) is 0 Å². The van der Waals surface area contributed by atoms with Crippen molar-refractivity contribution in [3.63, 3.8) is 0 Å². The highest BCUT2D eigenvalue weighted by molar-refractivity contribution is 5.76. The van der Waals surface area contributed by atoms with E-state index >= 15 is 0 Å². The van der Waals surface area contributed by atoms with E-state index in [2.05, 4.69) is 10.6 Å². The van der Waals surface area contributed by atoms with Crippen molar-refractivity contribution in [2.24, 2.45) is 11.5 Å². The molecule has 1 heterocycles. The molecule has 0 unspecified atom stereocenters. The molecule has 0 saturated carbocycles. The summed E-state index contributed by atoms with van der Waals surface area (Å²) in [6.07, 6.45) is 0. The van der Waals surface area contributed by atoms with Crippen LogP contribution in [-0.4, -0.2) is 25.8 Å². The Morgan fingerprint density at radius 1 is 1.75 bits per heavy atom. The van der Waals surface area contributed by atoms with Crippen LogP contribution in [0.3, 0.4) is 0 Å². The van der Waals surface area contributed by atoms with Gasteiger partial charge in [-0.2, -0.15) is 0 Å². The Labute approximate surface area is 69.9 Å². The number of carbonyl (C=O) groups excluding carboxylic acids is 1. The summed E-state index contributed by atoms with van der Waals surface area (Å²) in [5.74, 6) is 0.0726. The van der Waals surface area contributed by atoms with Crippen LogP contribution in [0.1, 0.15) is 0 Å². The van der Waals surface area contributed by atoms with Gasteiger partial charge in [-0.1, -0.05) is 0 Å². The number of nitrogens with one attached hydrogen (secondary N) is 2. The van der Waals surface area contributed by atoms with Crippen LogP contribution in [0.4, 0.5) is 0 Å². The smallest absolute Gasteiger partial charge is 0.236 e. The van der Waals surface area contributed by atoms with E-state index in [4.69, 9.17) is 16.2 Å². The van der Waals surface area contributed by atoms with Crippen molar-refractivity contribution in [3.8, 4) is 0 Å². The number of primary amides is 1. The molecule has 0 aromatic carbocycles. The minimum absolute atomic E-state index is 0.0705. The molecule has 1 aliphatic rings. The van der Waals surface area contributed by atoms with E-state index in [1.54, 1.807) is 0 Å². The monoisotopic (exact) mass is 172 g/mol. The van der Waals surface area contributed by atoms with Crippen molar-refractivity contribution in [1.29, 1.82) is 0 Å². The van der Waals surface area contributed by atoms with Crippen molar-refractivity contribution in [3.05, 3.63) is 11.5 Å². The average molecular weight is 172 g/mol. The van der Waals surface area contributed by atoms with E-state index in [1.807, 2.05) is 0 Å². The molecule has 1 amide bonds. The zero-order chi connectivity index (χ0) is 8.97. The van der Waals surface area contributed by atoms with Crippen LogP contribution in [0.2, 0.25) is 0 Å². The Balaban J connectivity index is 2.43. The zero-order valence-electron chi connectivity index (χ0n) is 6.59. The van der Waals surface area contributed by atoms with Crippen LogP contribution in [0.5, 0.6) is 0 Å². The van der Waals surface area contributed by atoms with E-state index in [9.17, 15) is 4.79 Å². The Bertz CT molecular complexity index is 214. The number of carbonyl (C=O) groups is 1. The highest BCUT2D eigenvalue weighted by atomic mass is 16.5. The molecule has 12 heavy (non-hydrogen) atoms. The maximum Gasteiger partial charge on any atom is 0.236 e. The number of hydrogen-bond acceptors (Lipinski definition) is 5. The molecule has 0 aromatic rings. The number of amides is 1. The lowest BCUT2D eigenvalue weighted by Gasteiger charge is -2.19. The summed E-state index contributed by atoms with van der Waals surface area (Å²) >= 11 is 0. The molecule has 0 spiro atoms. The number of rotatable bonds is 3. The first-order chi connectivity index (χ1) is 5.70. The molecule has 0 bridgehead atoms. The predicted octanol–water partition coefficient (Wildman–Crippen LogP) is -2.23. The van der Waals surface area contributed by atoms with Crippen LogP contribution in [-0.2, 0) is 9.53 Å². The van der Waals surface area contributed by atoms with Gasteiger partial charge in [0.25, 0.3) is 0 Å². The zero-order valence-corrected chi connectivity index (χ0v) is 6.59. The summed E-state index contributed by atoms with van der Waals surface area (Å²) in [5, 5.41) is 5.54. The third kappa shape index (κ3) is 2.31. The number of hydrogen-bond donors (Lipinski definition) is 4. The molecule has 0 fully saturated rings. The van der Waals surface area contributed by atoms with Gasteiger partial charge in [0.05, 0.1) is 18.8 Å². The molecular weight excluding hydrogens is 160 g/mol. The SMILES string of the molecule is NC(=O)CNC1=C(N)NCOC1. The molecule has 0 radical (unpaired) electrons. The quantitative estimate of drug-likeness (QED) is 0.386. The molecular formula is C6H12N4O2. The first-order valence-electron chi connectivity index (χ1n) is 3.52. The first-order valence-corrected chi connectivity index (χ1v) is 3.52. The molecule has 1 aliphatic heterocycles. The van der Waals surface area contributed by atoms with E-state index in [0.717, 1.165) is 0 Å². The molecule has 1 rings (SSSR count). The highest BCUT2D eigenvalue weighted by Crippen LogP contribution is 1.97. The standard InChI is InChI=1S/C6H12N4O2/c7-5(11)1-9-4-2-12-3-10-6(4)8/h9-10H,1-3,8H2,(H2,7,11). The second kappa shape index (κ2) is 3.82. The van der Waals surface area contributed by atoms with Crippen molar-refractivity contribution >= 4 is 5.91 Å². The lowest BCUT2D eigenvalue weighted by atomic mass is 10.4. The topological polar surface area (TPSA) is 102 Å². The van der Waals surface area contributed by atoms with E-state index in [-0.39, 0.29) is 6.54 Å². The van der Waals surface area contributed by atoms with Crippen molar-refractivity contribution in [1.82, 2.24) is 10.6 Å². The molecule has 0 aromatic heterocycles. The molecule has 6 nitrogen and oxygen atoms in total. The van der Waals surface area contributed by atoms with Crippen molar-refractivity contribution < 1.29 is 9.53 Å². The first kappa shape index (κ1) is 8.66. The van der Waals surface area contributed by atoms with Gasteiger partial charge in [0.1, 0.15) is 12.6 Å². The Hall–Kier alpha value is -1.43. The molecule has 0 aliphatic carbocycles. The predicted molar refractivity (Wildman–Crippen MR) is 42.4 cm³/mol. The summed E-state index contributed by atoms with van der Waals surface area (Å²) in [6, 6.07) is 0. The fourth-order valence-corrected chi connectivity index (χ4v) is 0.806. The Kier molecular flexibility index (Phi) is 2.76. The molecule has 0 saturated heterocycles. The molecule has 68 valence electrons. The van der Waals surface area contributed by atoms with Gasteiger partial charge in [-0.3, -0.25) is 4.79 Å². The third-order valence-electron chi connectivity index (χ3n) is 1.41. The van der Waals surface area contributed by atoms with Crippen LogP contribution in [0, 0.1) is 0 Å². The summed E-state index contributed by atoms with van der Waals surface area (Å²) in [5.41, 5.74) is 11.1. The summed E-state index contributed by atoms with van der Waals surface area (Å²) in [4.78, 5) is 10.4. The Morgan fingerprint density at radius 3 is 3.08 bits per heavy atom. The average Bonchev–Trinajstić information content (AvgIpc) is 2.03. The van der Waals surface area contributed by atoms with Gasteiger partial charge < -0.3 is 26.8 Å². The molecule has 0 atom stereocenters. The highest BCUT2D eigenvalue weighted by Gasteiger charge is 2.09. The minimum atomic E-state index is -0.430. The van der Waals surface area contributed by atoms with Gasteiger partial charge in [0.2, 0.25) is 5.91 Å². The van der Waals surface area contributed by atoms with Crippen LogP contribution >= 0.6 is 0 Å². The van der Waals surface area contributed by atoms with Gasteiger partial charge >= 0.3 is 0 Å². The van der Waals surface area contributed by atoms with Gasteiger partial charge in [-0.15, -0.1) is 0 Å². The van der Waals surface area contributed by atoms with Crippen molar-refractivity contribution in [2.45, 2.75) is 0 Å². The van der Waals surface area contributed by atoms with Crippen molar-refractivity contribution in [2.75, 3.05) is 19.9 Å². The second-order valence-electron chi connectivity index (χ2n) is 2.38. The van der Waals surface area contributed by atoms with Gasteiger partial charge in [0, 0.05) is 0 Å². The summed E-state index contributed by atoms with van der Waals surface area (Å²) in [6.45, 7) is 0.848. The van der Waals surface area contributed by atoms with Crippen LogP contribution < -0.4 is 22.1 Å². The van der Waals surface area contributed by atoms with Gasteiger partial charge in [-0.05, 0) is 0 Å². The number of nitrogens with two attached hydrogens (primary N) is 2. The maximum atomic E-state index is 10.4. The minimum Gasteiger partial charge on any atom is -0.384 e. The lowest BCUT2D eigenvalue weighted by Crippen LogP contribution is -2.39. The normalized spacial score (nSPS) is 17.0. The fourth-order valence-electron chi connectivity index (χ4n) is 0.806. The number of ether oxygens (including phenoxy) is 1. The summed E-state index contributed by atoms with van der Waals surface area (Å²) < 4.78 is 5.02. The Morgan fingerprint density at radius 2 is 2.50 bits per heavy atom. The van der Waals surface area contributed by atoms with E-state index < -0.39 is 5.91 Å². The maximum absolute atomic E-state index is 10.4. The van der Waals surface area contributed by atoms with Gasteiger partial charge in [0.15, 0.2) is 0 Å². The van der Waals surface area contributed by atoms with E-state index in [0.29, 0.717) is 24.9 Å². The van der Waals surface area contributed by atoms with Crippen LogP contribution in [0.25, 0.3) is 0 Å². The van der Waals surface area contributed by atoms with E-state index in [1.165, 1.54) is 0 Å². The largest absolute Gasteiger partial charge is 0.384 e. The lowest BCUT2D eigenvalue weighted by molar-refractivity contribution is -0.117. The molecule has 6 N–H and O–H groups in total. The molecule has 6 heteroatoms. The van der Waals surface area contributed by atoms with Crippen LogP contribution in [0.15, 0.2) is 11.5 Å². The third-order valence-corrected chi connectivity index (χ3v) is 1.41. The summed E-state index contributed by atoms with van der Waals surface area (Å²) in [7, 11) is 0.